The van der Waals surface area contributed by atoms with Crippen LogP contribution in [0.15, 0.2) is 0 Å². The van der Waals surface area contributed by atoms with Crippen LogP contribution in [0.25, 0.3) is 0 Å². The maximum atomic E-state index is 11.3. The molecule has 90 valence electrons. The first kappa shape index (κ1) is 14.4. The summed E-state index contributed by atoms with van der Waals surface area (Å²) in [6, 6.07) is 0.279. The molecule has 1 amide bonds. The van der Waals surface area contributed by atoms with Gasteiger partial charge in [0.1, 0.15) is 0 Å². The van der Waals surface area contributed by atoms with Crippen LogP contribution in [0.1, 0.15) is 26.7 Å². The molecule has 0 fully saturated rings. The second-order valence-corrected chi connectivity index (χ2v) is 4.21. The maximum absolute atomic E-state index is 11.3. The lowest BCUT2D eigenvalue weighted by Gasteiger charge is -2.12. The van der Waals surface area contributed by atoms with Crippen molar-refractivity contribution in [2.24, 2.45) is 0 Å². The average molecular weight is 215 g/mol. The molecule has 0 spiro atoms. The Hall–Kier alpha value is -0.610. The van der Waals surface area contributed by atoms with Crippen LogP contribution in [0.3, 0.4) is 0 Å². The van der Waals surface area contributed by atoms with Crippen LogP contribution >= 0.6 is 0 Å². The van der Waals surface area contributed by atoms with Gasteiger partial charge >= 0.3 is 0 Å². The minimum Gasteiger partial charge on any atom is -0.353 e. The summed E-state index contributed by atoms with van der Waals surface area (Å²) in [4.78, 5) is 13.5. The van der Waals surface area contributed by atoms with Gasteiger partial charge in [-0.15, -0.1) is 0 Å². The second-order valence-electron chi connectivity index (χ2n) is 4.21. The van der Waals surface area contributed by atoms with Crippen LogP contribution in [-0.2, 0) is 4.79 Å². The normalized spacial score (nSPS) is 12.9. The van der Waals surface area contributed by atoms with E-state index in [1.807, 2.05) is 6.92 Å². The summed E-state index contributed by atoms with van der Waals surface area (Å²) in [7, 11) is 4.10. The number of hydrogen-bond acceptors (Lipinski definition) is 3. The van der Waals surface area contributed by atoms with Crippen molar-refractivity contribution < 1.29 is 4.79 Å². The number of carbonyl (C=O) groups excluding carboxylic acids is 1. The third kappa shape index (κ3) is 9.69. The lowest BCUT2D eigenvalue weighted by atomic mass is 10.2. The topological polar surface area (TPSA) is 44.4 Å². The van der Waals surface area contributed by atoms with Crippen molar-refractivity contribution in [3.63, 3.8) is 0 Å². The fourth-order valence-corrected chi connectivity index (χ4v) is 1.15. The average Bonchev–Trinajstić information content (AvgIpc) is 2.16. The number of rotatable bonds is 8. The largest absolute Gasteiger partial charge is 0.353 e. The van der Waals surface area contributed by atoms with E-state index in [0.717, 1.165) is 25.9 Å². The van der Waals surface area contributed by atoms with E-state index in [9.17, 15) is 4.79 Å². The van der Waals surface area contributed by atoms with Crippen LogP contribution < -0.4 is 10.6 Å². The lowest BCUT2D eigenvalue weighted by Crippen LogP contribution is -2.39. The standard InChI is InChI=1S/C11H25N3O/c1-5-10(2)13-11(15)9-12-7-6-8-14(3)4/h10,12H,5-9H2,1-4H3,(H,13,15). The first-order chi connectivity index (χ1) is 7.06. The number of amides is 1. The summed E-state index contributed by atoms with van der Waals surface area (Å²) in [6.07, 6.45) is 2.05. The predicted molar refractivity (Wildman–Crippen MR) is 63.9 cm³/mol. The Morgan fingerprint density at radius 3 is 2.60 bits per heavy atom. The Morgan fingerprint density at radius 1 is 1.40 bits per heavy atom. The van der Waals surface area contributed by atoms with E-state index in [-0.39, 0.29) is 11.9 Å². The van der Waals surface area contributed by atoms with Gasteiger partial charge in [0.2, 0.25) is 5.91 Å². The molecular weight excluding hydrogens is 190 g/mol. The summed E-state index contributed by atoms with van der Waals surface area (Å²) in [6.45, 7) is 6.46. The van der Waals surface area contributed by atoms with Crippen LogP contribution in [0, 0.1) is 0 Å². The molecule has 0 radical (unpaired) electrons. The fourth-order valence-electron chi connectivity index (χ4n) is 1.15. The van der Waals surface area contributed by atoms with Crippen molar-refractivity contribution in [3.8, 4) is 0 Å². The molecule has 0 aliphatic heterocycles. The Morgan fingerprint density at radius 2 is 2.07 bits per heavy atom. The van der Waals surface area contributed by atoms with Crippen LogP contribution in [-0.4, -0.2) is 50.6 Å². The molecule has 1 atom stereocenters. The lowest BCUT2D eigenvalue weighted by molar-refractivity contribution is -0.120. The highest BCUT2D eigenvalue weighted by molar-refractivity contribution is 5.78. The molecule has 0 bridgehead atoms. The molecule has 0 saturated heterocycles. The smallest absolute Gasteiger partial charge is 0.234 e. The highest BCUT2D eigenvalue weighted by Gasteiger charge is 2.03. The molecule has 0 rings (SSSR count). The molecule has 0 aromatic rings. The number of nitrogens with one attached hydrogen (secondary N) is 2. The van der Waals surface area contributed by atoms with Crippen molar-refractivity contribution in [1.82, 2.24) is 15.5 Å². The van der Waals surface area contributed by atoms with Gasteiger partial charge in [-0.05, 0) is 47.0 Å². The molecule has 15 heavy (non-hydrogen) atoms. The van der Waals surface area contributed by atoms with Gasteiger partial charge in [0.05, 0.1) is 6.54 Å². The van der Waals surface area contributed by atoms with Gasteiger partial charge in [0, 0.05) is 6.04 Å². The summed E-state index contributed by atoms with van der Waals surface area (Å²) >= 11 is 0. The highest BCUT2D eigenvalue weighted by atomic mass is 16.1. The van der Waals surface area contributed by atoms with Crippen molar-refractivity contribution in [3.05, 3.63) is 0 Å². The molecule has 1 unspecified atom stereocenters. The minimum absolute atomic E-state index is 0.0919. The zero-order valence-corrected chi connectivity index (χ0v) is 10.5. The second kappa shape index (κ2) is 8.68. The third-order valence-corrected chi connectivity index (χ3v) is 2.26. The maximum Gasteiger partial charge on any atom is 0.234 e. The number of carbonyl (C=O) groups is 1. The van der Waals surface area contributed by atoms with E-state index in [1.54, 1.807) is 0 Å². The molecule has 0 heterocycles. The minimum atomic E-state index is 0.0919. The van der Waals surface area contributed by atoms with Crippen molar-refractivity contribution in [2.75, 3.05) is 33.7 Å². The van der Waals surface area contributed by atoms with E-state index < -0.39 is 0 Å². The van der Waals surface area contributed by atoms with Gasteiger partial charge in [-0.25, -0.2) is 0 Å². The van der Waals surface area contributed by atoms with Gasteiger partial charge in [0.25, 0.3) is 0 Å². The van der Waals surface area contributed by atoms with E-state index in [4.69, 9.17) is 0 Å². The van der Waals surface area contributed by atoms with E-state index in [1.165, 1.54) is 0 Å². The Balaban J connectivity index is 3.31. The van der Waals surface area contributed by atoms with Crippen molar-refractivity contribution in [1.29, 1.82) is 0 Å². The fraction of sp³-hybridized carbons (Fsp3) is 0.909. The van der Waals surface area contributed by atoms with Crippen molar-refractivity contribution in [2.45, 2.75) is 32.7 Å². The van der Waals surface area contributed by atoms with Gasteiger partial charge in [0.15, 0.2) is 0 Å². The summed E-state index contributed by atoms with van der Waals surface area (Å²) < 4.78 is 0. The Bertz CT molecular complexity index is 171. The molecule has 2 N–H and O–H groups in total. The first-order valence-electron chi connectivity index (χ1n) is 5.71. The zero-order valence-electron chi connectivity index (χ0n) is 10.5. The molecular formula is C11H25N3O. The molecule has 0 saturated carbocycles. The van der Waals surface area contributed by atoms with E-state index >= 15 is 0 Å². The van der Waals surface area contributed by atoms with Crippen LogP contribution in [0.5, 0.6) is 0 Å². The SMILES string of the molecule is CCC(C)NC(=O)CNCCCN(C)C. The van der Waals surface area contributed by atoms with Gasteiger partial charge in [-0.2, -0.15) is 0 Å². The molecule has 4 heteroatoms. The quantitative estimate of drug-likeness (QED) is 0.578. The first-order valence-corrected chi connectivity index (χ1v) is 5.71. The molecule has 0 aromatic heterocycles. The number of hydrogen-bond donors (Lipinski definition) is 2. The molecule has 0 aliphatic rings. The van der Waals surface area contributed by atoms with Crippen LogP contribution in [0.2, 0.25) is 0 Å². The highest BCUT2D eigenvalue weighted by Crippen LogP contribution is 1.86. The molecule has 4 nitrogen and oxygen atoms in total. The predicted octanol–water partition coefficient (Wildman–Crippen LogP) is 0.442. The van der Waals surface area contributed by atoms with Crippen LogP contribution in [0.4, 0.5) is 0 Å². The van der Waals surface area contributed by atoms with E-state index in [0.29, 0.717) is 6.54 Å². The number of nitrogens with zero attached hydrogens (tertiary/aromatic N) is 1. The van der Waals surface area contributed by atoms with Gasteiger partial charge in [-0.3, -0.25) is 4.79 Å². The van der Waals surface area contributed by atoms with Gasteiger partial charge < -0.3 is 15.5 Å². The third-order valence-electron chi connectivity index (χ3n) is 2.26. The Labute approximate surface area is 93.4 Å². The summed E-state index contributed by atoms with van der Waals surface area (Å²) in [5.74, 6) is 0.0919. The van der Waals surface area contributed by atoms with E-state index in [2.05, 4.69) is 36.6 Å². The molecule has 0 aliphatic carbocycles. The van der Waals surface area contributed by atoms with Gasteiger partial charge in [-0.1, -0.05) is 6.92 Å². The van der Waals surface area contributed by atoms with Crippen molar-refractivity contribution >= 4 is 5.91 Å². The Kier molecular flexibility index (Phi) is 8.33. The monoisotopic (exact) mass is 215 g/mol. The summed E-state index contributed by atoms with van der Waals surface area (Å²) in [5, 5.41) is 6.05. The summed E-state index contributed by atoms with van der Waals surface area (Å²) in [5.41, 5.74) is 0. The zero-order chi connectivity index (χ0) is 11.7. The molecule has 0 aromatic carbocycles.